The van der Waals surface area contributed by atoms with Crippen LogP contribution < -0.4 is 0 Å². The number of nitrogens with zero attached hydrogens (tertiary/aromatic N) is 1. The van der Waals surface area contributed by atoms with E-state index < -0.39 is 0 Å². The molecule has 3 nitrogen and oxygen atoms in total. The van der Waals surface area contributed by atoms with Crippen LogP contribution in [0.3, 0.4) is 0 Å². The minimum Gasteiger partial charge on any atom is -0.468 e. The summed E-state index contributed by atoms with van der Waals surface area (Å²) in [7, 11) is 1.41. The number of ether oxygens (including phenoxy) is 1. The first-order chi connectivity index (χ1) is 9.56. The van der Waals surface area contributed by atoms with Crippen LogP contribution in [0.2, 0.25) is 10.0 Å². The molecule has 0 unspecified atom stereocenters. The third kappa shape index (κ3) is 6.35. The topological polar surface area (TPSA) is 29.5 Å². The Hall–Kier alpha value is -0.420. The van der Waals surface area contributed by atoms with E-state index in [0.29, 0.717) is 16.6 Å². The molecular formula is C14H19Cl2NO2S. The summed E-state index contributed by atoms with van der Waals surface area (Å²) < 4.78 is 4.70. The van der Waals surface area contributed by atoms with E-state index in [0.717, 1.165) is 30.2 Å². The minimum atomic E-state index is -0.204. The predicted molar refractivity (Wildman–Crippen MR) is 85.9 cm³/mol. The molecule has 0 aromatic heterocycles. The Labute approximate surface area is 134 Å². The van der Waals surface area contributed by atoms with Crippen molar-refractivity contribution in [2.75, 3.05) is 32.5 Å². The average molecular weight is 336 g/mol. The Balaban J connectivity index is 2.47. The fourth-order valence-corrected chi connectivity index (χ4v) is 3.21. The van der Waals surface area contributed by atoms with E-state index in [9.17, 15) is 4.79 Å². The van der Waals surface area contributed by atoms with E-state index in [1.165, 1.54) is 7.11 Å². The van der Waals surface area contributed by atoms with Crippen molar-refractivity contribution >= 4 is 40.9 Å². The van der Waals surface area contributed by atoms with Gasteiger partial charge in [-0.05, 0) is 31.2 Å². The number of carbonyl (C=O) groups excluding carboxylic acids is 1. The summed E-state index contributed by atoms with van der Waals surface area (Å²) in [4.78, 5) is 14.4. The monoisotopic (exact) mass is 335 g/mol. The van der Waals surface area contributed by atoms with Crippen LogP contribution in [0.15, 0.2) is 23.1 Å². The molecule has 0 spiro atoms. The van der Waals surface area contributed by atoms with Crippen molar-refractivity contribution in [1.82, 2.24) is 4.90 Å². The number of esters is 1. The van der Waals surface area contributed by atoms with Gasteiger partial charge in [-0.25, -0.2) is 0 Å². The second-order valence-corrected chi connectivity index (χ2v) is 6.26. The number of benzene rings is 1. The number of carbonyl (C=O) groups is 1. The molecule has 0 saturated heterocycles. The van der Waals surface area contributed by atoms with Gasteiger partial charge in [0.2, 0.25) is 0 Å². The second kappa shape index (κ2) is 9.50. The summed E-state index contributed by atoms with van der Waals surface area (Å²) in [6.07, 6.45) is 1.000. The van der Waals surface area contributed by atoms with E-state index in [-0.39, 0.29) is 5.97 Å². The van der Waals surface area contributed by atoms with Crippen molar-refractivity contribution in [2.24, 2.45) is 0 Å². The lowest BCUT2D eigenvalue weighted by molar-refractivity contribution is -0.141. The van der Waals surface area contributed by atoms with Crippen molar-refractivity contribution in [3.63, 3.8) is 0 Å². The molecule has 0 atom stereocenters. The zero-order valence-electron chi connectivity index (χ0n) is 11.7. The summed E-state index contributed by atoms with van der Waals surface area (Å²) in [5, 5.41) is 1.38. The van der Waals surface area contributed by atoms with Gasteiger partial charge in [0.1, 0.15) is 0 Å². The van der Waals surface area contributed by atoms with Crippen LogP contribution in [0.5, 0.6) is 0 Å². The molecule has 0 saturated carbocycles. The van der Waals surface area contributed by atoms with Gasteiger partial charge in [0.05, 0.1) is 18.7 Å². The SMILES string of the molecule is CCCN(CCSc1cc(Cl)ccc1Cl)CC(=O)OC. The number of thioether (sulfide) groups is 1. The van der Waals surface area contributed by atoms with E-state index in [2.05, 4.69) is 11.8 Å². The second-order valence-electron chi connectivity index (χ2n) is 4.28. The van der Waals surface area contributed by atoms with Gasteiger partial charge in [-0.1, -0.05) is 30.1 Å². The Morgan fingerprint density at radius 1 is 1.35 bits per heavy atom. The van der Waals surface area contributed by atoms with Crippen LogP contribution in [0, 0.1) is 0 Å². The smallest absolute Gasteiger partial charge is 0.319 e. The maximum absolute atomic E-state index is 11.3. The highest BCUT2D eigenvalue weighted by Gasteiger charge is 2.10. The van der Waals surface area contributed by atoms with Crippen molar-refractivity contribution in [2.45, 2.75) is 18.2 Å². The number of hydrogen-bond acceptors (Lipinski definition) is 4. The molecule has 0 bridgehead atoms. The largest absolute Gasteiger partial charge is 0.468 e. The Bertz CT molecular complexity index is 443. The highest BCUT2D eigenvalue weighted by molar-refractivity contribution is 7.99. The predicted octanol–water partition coefficient (Wildman–Crippen LogP) is 3.97. The van der Waals surface area contributed by atoms with Gasteiger partial charge in [-0.3, -0.25) is 9.69 Å². The maximum Gasteiger partial charge on any atom is 0.319 e. The first-order valence-corrected chi connectivity index (χ1v) is 8.18. The molecule has 1 aromatic rings. The molecule has 0 radical (unpaired) electrons. The zero-order chi connectivity index (χ0) is 15.0. The normalized spacial score (nSPS) is 10.8. The van der Waals surface area contributed by atoms with E-state index in [4.69, 9.17) is 27.9 Å². The molecule has 0 aliphatic rings. The van der Waals surface area contributed by atoms with Crippen LogP contribution in [0.25, 0.3) is 0 Å². The number of hydrogen-bond donors (Lipinski definition) is 0. The zero-order valence-corrected chi connectivity index (χ0v) is 14.0. The van der Waals surface area contributed by atoms with Gasteiger partial charge in [0.15, 0.2) is 0 Å². The fourth-order valence-electron chi connectivity index (χ4n) is 1.71. The van der Waals surface area contributed by atoms with Crippen LogP contribution in [-0.4, -0.2) is 43.4 Å². The number of halogens is 2. The average Bonchev–Trinajstić information content (AvgIpc) is 2.42. The molecule has 112 valence electrons. The molecule has 0 amide bonds. The minimum absolute atomic E-state index is 0.204. The molecule has 0 N–H and O–H groups in total. The van der Waals surface area contributed by atoms with Gasteiger partial charge in [-0.2, -0.15) is 0 Å². The molecule has 1 rings (SSSR count). The molecule has 0 aliphatic heterocycles. The lowest BCUT2D eigenvalue weighted by Crippen LogP contribution is -2.33. The third-order valence-electron chi connectivity index (χ3n) is 2.68. The Morgan fingerprint density at radius 3 is 2.75 bits per heavy atom. The number of rotatable bonds is 8. The first kappa shape index (κ1) is 17.6. The molecule has 1 aromatic carbocycles. The number of methoxy groups -OCH3 is 1. The molecule has 20 heavy (non-hydrogen) atoms. The van der Waals surface area contributed by atoms with Crippen LogP contribution in [-0.2, 0) is 9.53 Å². The van der Waals surface area contributed by atoms with Crippen molar-refractivity contribution in [3.05, 3.63) is 28.2 Å². The summed E-state index contributed by atoms with van der Waals surface area (Å²) in [5.41, 5.74) is 0. The lowest BCUT2D eigenvalue weighted by Gasteiger charge is -2.20. The van der Waals surface area contributed by atoms with Gasteiger partial charge < -0.3 is 4.74 Å². The molecule has 0 aliphatic carbocycles. The molecular weight excluding hydrogens is 317 g/mol. The molecule has 6 heteroatoms. The van der Waals surface area contributed by atoms with Crippen LogP contribution in [0.4, 0.5) is 0 Å². The lowest BCUT2D eigenvalue weighted by atomic mass is 10.4. The standard InChI is InChI=1S/C14H19Cl2NO2S/c1-3-6-17(10-14(18)19-2)7-8-20-13-9-11(15)4-5-12(13)16/h4-5,9H,3,6-8,10H2,1-2H3. The summed E-state index contributed by atoms with van der Waals surface area (Å²) in [5.74, 6) is 0.640. The molecule has 0 fully saturated rings. The van der Waals surface area contributed by atoms with Crippen molar-refractivity contribution < 1.29 is 9.53 Å². The summed E-state index contributed by atoms with van der Waals surface area (Å²) >= 11 is 13.7. The van der Waals surface area contributed by atoms with E-state index in [1.54, 1.807) is 23.9 Å². The fraction of sp³-hybridized carbons (Fsp3) is 0.500. The van der Waals surface area contributed by atoms with Crippen LogP contribution >= 0.6 is 35.0 Å². The highest BCUT2D eigenvalue weighted by Crippen LogP contribution is 2.29. The highest BCUT2D eigenvalue weighted by atomic mass is 35.5. The van der Waals surface area contributed by atoms with Crippen molar-refractivity contribution in [3.8, 4) is 0 Å². The maximum atomic E-state index is 11.3. The Morgan fingerprint density at radius 2 is 2.10 bits per heavy atom. The molecule has 0 heterocycles. The first-order valence-electron chi connectivity index (χ1n) is 6.43. The van der Waals surface area contributed by atoms with Gasteiger partial charge in [-0.15, -0.1) is 11.8 Å². The third-order valence-corrected chi connectivity index (χ3v) is 4.39. The van der Waals surface area contributed by atoms with Crippen molar-refractivity contribution in [1.29, 1.82) is 0 Å². The van der Waals surface area contributed by atoms with Gasteiger partial charge >= 0.3 is 5.97 Å². The quantitative estimate of drug-likeness (QED) is 0.531. The van der Waals surface area contributed by atoms with Gasteiger partial charge in [0, 0.05) is 22.2 Å². The van der Waals surface area contributed by atoms with Gasteiger partial charge in [0.25, 0.3) is 0 Å². The Kier molecular flexibility index (Phi) is 8.38. The summed E-state index contributed by atoms with van der Waals surface area (Å²) in [6.45, 7) is 4.09. The van der Waals surface area contributed by atoms with E-state index >= 15 is 0 Å². The van der Waals surface area contributed by atoms with E-state index in [1.807, 2.05) is 6.07 Å². The van der Waals surface area contributed by atoms with Crippen LogP contribution in [0.1, 0.15) is 13.3 Å². The summed E-state index contributed by atoms with van der Waals surface area (Å²) in [6, 6.07) is 5.43.